The molecule has 0 fully saturated rings. The minimum absolute atomic E-state index is 0.0380. The number of fused-ring (bicyclic) bond motifs is 1. The largest absolute Gasteiger partial charge is 0.326 e. The Labute approximate surface area is 155 Å². The molecule has 1 aromatic heterocycles. The summed E-state index contributed by atoms with van der Waals surface area (Å²) in [6.45, 7) is 0.867. The summed E-state index contributed by atoms with van der Waals surface area (Å²) < 4.78 is 13.2. The Kier molecular flexibility index (Phi) is 4.31. The number of benzene rings is 2. The maximum Gasteiger partial charge on any atom is 0.257 e. The van der Waals surface area contributed by atoms with Gasteiger partial charge in [-0.2, -0.15) is 0 Å². The Morgan fingerprint density at radius 1 is 1.15 bits per heavy atom. The normalized spacial score (nSPS) is 12.8. The molecule has 0 atom stereocenters. The van der Waals surface area contributed by atoms with Crippen molar-refractivity contribution in [1.29, 1.82) is 0 Å². The van der Waals surface area contributed by atoms with Crippen molar-refractivity contribution in [3.8, 4) is 0 Å². The number of hydrogen-bond acceptors (Lipinski definition) is 3. The minimum atomic E-state index is -0.526. The van der Waals surface area contributed by atoms with E-state index in [-0.39, 0.29) is 10.9 Å². The molecule has 0 unspecified atom stereocenters. The van der Waals surface area contributed by atoms with Gasteiger partial charge in [-0.05, 0) is 48.4 Å². The predicted octanol–water partition coefficient (Wildman–Crippen LogP) is 4.82. The molecule has 0 saturated heterocycles. The third kappa shape index (κ3) is 3.13. The number of carbonyl (C=O) groups is 1. The maximum atomic E-state index is 13.2. The molecule has 2 heterocycles. The van der Waals surface area contributed by atoms with Gasteiger partial charge in [-0.15, -0.1) is 0 Å². The molecule has 0 saturated carbocycles. The number of nitrogens with one attached hydrogen (secondary N) is 1. The monoisotopic (exact) mass is 367 g/mol. The molecule has 1 aliphatic heterocycles. The van der Waals surface area contributed by atoms with Gasteiger partial charge in [-0.25, -0.2) is 9.37 Å². The van der Waals surface area contributed by atoms with Crippen LogP contribution >= 0.6 is 11.6 Å². The van der Waals surface area contributed by atoms with Crippen molar-refractivity contribution < 1.29 is 9.18 Å². The topological polar surface area (TPSA) is 45.2 Å². The van der Waals surface area contributed by atoms with Crippen molar-refractivity contribution in [3.63, 3.8) is 0 Å². The number of anilines is 3. The number of nitrogens with zero attached hydrogens (tertiary/aromatic N) is 2. The minimum Gasteiger partial charge on any atom is -0.326 e. The van der Waals surface area contributed by atoms with Crippen LogP contribution in [-0.2, 0) is 6.42 Å². The van der Waals surface area contributed by atoms with Crippen molar-refractivity contribution in [2.75, 3.05) is 16.8 Å². The number of halogens is 2. The number of pyridine rings is 1. The van der Waals surface area contributed by atoms with Crippen molar-refractivity contribution in [1.82, 2.24) is 4.98 Å². The van der Waals surface area contributed by atoms with Gasteiger partial charge >= 0.3 is 0 Å². The van der Waals surface area contributed by atoms with Gasteiger partial charge in [0, 0.05) is 24.1 Å². The van der Waals surface area contributed by atoms with E-state index in [2.05, 4.69) is 27.3 Å². The quantitative estimate of drug-likeness (QED) is 0.721. The molecule has 0 aliphatic carbocycles. The molecule has 2 aromatic carbocycles. The highest BCUT2D eigenvalue weighted by atomic mass is 35.5. The summed E-state index contributed by atoms with van der Waals surface area (Å²) in [5.74, 6) is -0.0496. The zero-order chi connectivity index (χ0) is 18.1. The molecule has 0 spiro atoms. The second-order valence-corrected chi connectivity index (χ2v) is 6.43. The van der Waals surface area contributed by atoms with Crippen molar-refractivity contribution in [2.45, 2.75) is 6.42 Å². The van der Waals surface area contributed by atoms with E-state index in [1.807, 2.05) is 18.2 Å². The zero-order valence-electron chi connectivity index (χ0n) is 13.7. The number of para-hydroxylation sites is 1. The summed E-state index contributed by atoms with van der Waals surface area (Å²) in [5.41, 5.74) is 3.29. The van der Waals surface area contributed by atoms with E-state index in [0.29, 0.717) is 11.3 Å². The molecule has 0 radical (unpaired) electrons. The van der Waals surface area contributed by atoms with Gasteiger partial charge in [0.15, 0.2) is 0 Å². The number of rotatable bonds is 3. The van der Waals surface area contributed by atoms with Crippen LogP contribution in [0.5, 0.6) is 0 Å². The molecule has 3 aromatic rings. The fraction of sp³-hybridized carbons (Fsp3) is 0.100. The van der Waals surface area contributed by atoms with E-state index in [1.54, 1.807) is 6.07 Å². The number of hydrogen-bond donors (Lipinski definition) is 1. The fourth-order valence-corrected chi connectivity index (χ4v) is 3.21. The lowest BCUT2D eigenvalue weighted by molar-refractivity contribution is 0.102. The SMILES string of the molecule is O=C(Nc1ccc(F)c(Cl)c1)c1ccc(N2CCc3ccccc32)nc1. The van der Waals surface area contributed by atoms with E-state index in [0.717, 1.165) is 24.5 Å². The Morgan fingerprint density at radius 2 is 2.00 bits per heavy atom. The van der Waals surface area contributed by atoms with E-state index in [4.69, 9.17) is 11.6 Å². The molecule has 0 bridgehead atoms. The predicted molar refractivity (Wildman–Crippen MR) is 101 cm³/mol. The van der Waals surface area contributed by atoms with Crippen LogP contribution in [0.2, 0.25) is 5.02 Å². The van der Waals surface area contributed by atoms with Crippen LogP contribution in [0, 0.1) is 5.82 Å². The summed E-state index contributed by atoms with van der Waals surface area (Å²) in [6.07, 6.45) is 2.52. The maximum absolute atomic E-state index is 13.2. The van der Waals surface area contributed by atoms with Crippen LogP contribution in [0.1, 0.15) is 15.9 Å². The Bertz CT molecular complexity index is 975. The second kappa shape index (κ2) is 6.77. The molecule has 1 N–H and O–H groups in total. The molecule has 1 amide bonds. The number of carbonyl (C=O) groups excluding carboxylic acids is 1. The van der Waals surface area contributed by atoms with Crippen molar-refractivity contribution in [2.24, 2.45) is 0 Å². The first-order valence-electron chi connectivity index (χ1n) is 8.20. The van der Waals surface area contributed by atoms with Crippen molar-refractivity contribution >= 4 is 34.7 Å². The first kappa shape index (κ1) is 16.5. The van der Waals surface area contributed by atoms with E-state index in [9.17, 15) is 9.18 Å². The van der Waals surface area contributed by atoms with Crippen LogP contribution in [-0.4, -0.2) is 17.4 Å². The molecule has 6 heteroatoms. The first-order valence-corrected chi connectivity index (χ1v) is 8.57. The molecular formula is C20H15ClFN3O. The van der Waals surface area contributed by atoms with Gasteiger partial charge < -0.3 is 10.2 Å². The Morgan fingerprint density at radius 3 is 2.77 bits per heavy atom. The molecule has 130 valence electrons. The standard InChI is InChI=1S/C20H15ClFN3O/c21-16-11-15(6-7-17(16)22)24-20(26)14-5-8-19(23-12-14)25-10-9-13-3-1-2-4-18(13)25/h1-8,11-12H,9-10H2,(H,24,26). The lowest BCUT2D eigenvalue weighted by Crippen LogP contribution is -2.16. The van der Waals surface area contributed by atoms with Crippen LogP contribution in [0.25, 0.3) is 0 Å². The summed E-state index contributed by atoms with van der Waals surface area (Å²) in [5, 5.41) is 2.65. The molecule has 26 heavy (non-hydrogen) atoms. The number of aromatic nitrogens is 1. The van der Waals surface area contributed by atoms with Crippen LogP contribution in [0.15, 0.2) is 60.8 Å². The third-order valence-electron chi connectivity index (χ3n) is 4.35. The Hall–Kier alpha value is -2.92. The average Bonchev–Trinajstić information content (AvgIpc) is 3.09. The summed E-state index contributed by atoms with van der Waals surface area (Å²) >= 11 is 5.73. The molecule has 1 aliphatic rings. The van der Waals surface area contributed by atoms with Gasteiger partial charge in [0.2, 0.25) is 0 Å². The number of amides is 1. The van der Waals surface area contributed by atoms with Gasteiger partial charge in [0.05, 0.1) is 10.6 Å². The van der Waals surface area contributed by atoms with Gasteiger partial charge in [-0.3, -0.25) is 4.79 Å². The summed E-state index contributed by atoms with van der Waals surface area (Å²) in [6, 6.07) is 15.8. The highest BCUT2D eigenvalue weighted by Crippen LogP contribution is 2.33. The van der Waals surface area contributed by atoms with Crippen LogP contribution in [0.4, 0.5) is 21.6 Å². The molecule has 4 rings (SSSR count). The fourth-order valence-electron chi connectivity index (χ4n) is 3.03. The molecule has 4 nitrogen and oxygen atoms in total. The van der Waals surface area contributed by atoms with E-state index in [1.165, 1.54) is 30.0 Å². The smallest absolute Gasteiger partial charge is 0.257 e. The van der Waals surface area contributed by atoms with E-state index < -0.39 is 5.82 Å². The average molecular weight is 368 g/mol. The van der Waals surface area contributed by atoms with Crippen molar-refractivity contribution in [3.05, 3.63) is 82.8 Å². The summed E-state index contributed by atoms with van der Waals surface area (Å²) in [4.78, 5) is 18.9. The third-order valence-corrected chi connectivity index (χ3v) is 4.64. The first-order chi connectivity index (χ1) is 12.6. The Balaban J connectivity index is 1.51. The highest BCUT2D eigenvalue weighted by Gasteiger charge is 2.20. The molecular weight excluding hydrogens is 353 g/mol. The zero-order valence-corrected chi connectivity index (χ0v) is 14.5. The van der Waals surface area contributed by atoms with Gasteiger partial charge in [0.25, 0.3) is 5.91 Å². The van der Waals surface area contributed by atoms with Crippen LogP contribution in [0.3, 0.4) is 0 Å². The van der Waals surface area contributed by atoms with Crippen LogP contribution < -0.4 is 10.2 Å². The summed E-state index contributed by atoms with van der Waals surface area (Å²) in [7, 11) is 0. The van der Waals surface area contributed by atoms with Gasteiger partial charge in [0.1, 0.15) is 11.6 Å². The lowest BCUT2D eigenvalue weighted by atomic mass is 10.2. The highest BCUT2D eigenvalue weighted by molar-refractivity contribution is 6.31. The van der Waals surface area contributed by atoms with E-state index >= 15 is 0 Å². The lowest BCUT2D eigenvalue weighted by Gasteiger charge is -2.18. The van der Waals surface area contributed by atoms with Gasteiger partial charge in [-0.1, -0.05) is 29.8 Å². The second-order valence-electron chi connectivity index (χ2n) is 6.02.